The largest absolute Gasteiger partial charge is 0.454 e. The molecule has 0 saturated heterocycles. The highest BCUT2D eigenvalue weighted by molar-refractivity contribution is 6.19. The highest BCUT2D eigenvalue weighted by Crippen LogP contribution is 2.40. The van der Waals surface area contributed by atoms with Crippen LogP contribution in [0.15, 0.2) is 209 Å². The lowest BCUT2D eigenvalue weighted by atomic mass is 10.0. The van der Waals surface area contributed by atoms with E-state index in [1.165, 1.54) is 37.9 Å². The summed E-state index contributed by atoms with van der Waals surface area (Å²) >= 11 is 0. The van der Waals surface area contributed by atoms with Gasteiger partial charge in [-0.25, -0.2) is 9.98 Å². The number of aliphatic imine (C=N–C) groups is 2. The Hall–Kier alpha value is -7.76. The van der Waals surface area contributed by atoms with Gasteiger partial charge in [-0.2, -0.15) is 0 Å². The second kappa shape index (κ2) is 12.9. The molecule has 5 nitrogen and oxygen atoms in total. The van der Waals surface area contributed by atoms with E-state index in [1.54, 1.807) is 0 Å². The lowest BCUT2D eigenvalue weighted by molar-refractivity contribution is 0.666. The summed E-state index contributed by atoms with van der Waals surface area (Å²) in [5.74, 6) is 1.42. The van der Waals surface area contributed by atoms with Crippen LogP contribution in [-0.2, 0) is 0 Å². The molecule has 1 unspecified atom stereocenters. The molecule has 0 aliphatic carbocycles. The van der Waals surface area contributed by atoms with Crippen molar-refractivity contribution >= 4 is 77.0 Å². The van der Waals surface area contributed by atoms with E-state index in [0.717, 1.165) is 66.7 Å². The van der Waals surface area contributed by atoms with Crippen LogP contribution in [-0.4, -0.2) is 16.2 Å². The molecule has 1 aliphatic rings. The smallest absolute Gasteiger partial charge is 0.159 e. The summed E-state index contributed by atoms with van der Waals surface area (Å²) in [4.78, 5) is 10.7. The fourth-order valence-corrected chi connectivity index (χ4v) is 8.74. The van der Waals surface area contributed by atoms with Gasteiger partial charge in [0.15, 0.2) is 11.4 Å². The minimum absolute atomic E-state index is 0.374. The molecule has 12 rings (SSSR count). The summed E-state index contributed by atoms with van der Waals surface area (Å²) in [5, 5.41) is 12.9. The summed E-state index contributed by atoms with van der Waals surface area (Å²) in [6.45, 7) is 0. The molecule has 0 spiro atoms. The number of para-hydroxylation sites is 2. The lowest BCUT2D eigenvalue weighted by Crippen LogP contribution is -2.33. The van der Waals surface area contributed by atoms with Crippen LogP contribution in [0.3, 0.4) is 0 Å². The van der Waals surface area contributed by atoms with E-state index in [1.807, 2.05) is 18.2 Å². The van der Waals surface area contributed by atoms with Gasteiger partial charge in [0.05, 0.1) is 16.7 Å². The SMILES string of the molecule is c1ccc(-c2ccc(C3=NC(c4cc(-n5c6ccccc6c6cc7ccccc7cc65)c5oc6ccccc6c5c4)=NC(c4ccc5ccccc5c4)N3)cc2)cc1. The van der Waals surface area contributed by atoms with Gasteiger partial charge in [0.1, 0.15) is 17.6 Å². The first-order chi connectivity index (χ1) is 28.7. The predicted molar refractivity (Wildman–Crippen MR) is 240 cm³/mol. The fraction of sp³-hybridized carbons (Fsp3) is 0.0189. The number of amidine groups is 2. The van der Waals surface area contributed by atoms with Crippen molar-refractivity contribution in [3.63, 3.8) is 0 Å². The molecule has 0 bridgehead atoms. The van der Waals surface area contributed by atoms with Gasteiger partial charge in [-0.3, -0.25) is 0 Å². The number of hydrogen-bond acceptors (Lipinski definition) is 4. The highest BCUT2D eigenvalue weighted by atomic mass is 16.3. The zero-order valence-electron chi connectivity index (χ0n) is 31.3. The Morgan fingerprint density at radius 1 is 0.448 bits per heavy atom. The van der Waals surface area contributed by atoms with E-state index < -0.39 is 0 Å². The maximum Gasteiger partial charge on any atom is 0.159 e. The van der Waals surface area contributed by atoms with Gasteiger partial charge in [-0.15, -0.1) is 0 Å². The van der Waals surface area contributed by atoms with Crippen LogP contribution in [0.4, 0.5) is 0 Å². The molecule has 58 heavy (non-hydrogen) atoms. The second-order valence-corrected chi connectivity index (χ2v) is 15.0. The molecule has 0 fully saturated rings. The van der Waals surface area contributed by atoms with Gasteiger partial charge < -0.3 is 14.3 Å². The van der Waals surface area contributed by atoms with E-state index in [-0.39, 0.29) is 6.17 Å². The molecule has 0 amide bonds. The van der Waals surface area contributed by atoms with Crippen molar-refractivity contribution in [2.75, 3.05) is 0 Å². The topological polar surface area (TPSA) is 54.8 Å². The van der Waals surface area contributed by atoms with Crippen molar-refractivity contribution in [1.82, 2.24) is 9.88 Å². The number of furan rings is 1. The van der Waals surface area contributed by atoms with Crippen LogP contribution in [0, 0.1) is 0 Å². The summed E-state index contributed by atoms with van der Waals surface area (Å²) in [7, 11) is 0. The first kappa shape index (κ1) is 32.5. The summed E-state index contributed by atoms with van der Waals surface area (Å²) < 4.78 is 9.16. The predicted octanol–water partition coefficient (Wildman–Crippen LogP) is 13.2. The average Bonchev–Trinajstić information content (AvgIpc) is 3.83. The first-order valence-electron chi connectivity index (χ1n) is 19.7. The molecule has 2 aromatic heterocycles. The molecule has 0 saturated carbocycles. The van der Waals surface area contributed by atoms with E-state index >= 15 is 0 Å². The number of rotatable bonds is 5. The zero-order chi connectivity index (χ0) is 38.2. The summed E-state index contributed by atoms with van der Waals surface area (Å²) in [6, 6.07) is 68.7. The fourth-order valence-electron chi connectivity index (χ4n) is 8.74. The normalized spacial score (nSPS) is 14.4. The maximum absolute atomic E-state index is 6.80. The number of fused-ring (bicyclic) bond motifs is 8. The van der Waals surface area contributed by atoms with Gasteiger partial charge in [0.2, 0.25) is 0 Å². The summed E-state index contributed by atoms with van der Waals surface area (Å²) in [6.07, 6.45) is -0.374. The van der Waals surface area contributed by atoms with Gasteiger partial charge in [0, 0.05) is 32.7 Å². The number of hydrogen-bond donors (Lipinski definition) is 1. The molecule has 1 atom stereocenters. The second-order valence-electron chi connectivity index (χ2n) is 15.0. The third kappa shape index (κ3) is 5.25. The Balaban J connectivity index is 1.10. The quantitative estimate of drug-likeness (QED) is 0.191. The van der Waals surface area contributed by atoms with E-state index in [4.69, 9.17) is 14.4 Å². The Morgan fingerprint density at radius 3 is 1.93 bits per heavy atom. The monoisotopic (exact) mass is 742 g/mol. The minimum Gasteiger partial charge on any atom is -0.454 e. The highest BCUT2D eigenvalue weighted by Gasteiger charge is 2.25. The van der Waals surface area contributed by atoms with Gasteiger partial charge >= 0.3 is 0 Å². The molecule has 3 heterocycles. The molecule has 1 N–H and O–H groups in total. The minimum atomic E-state index is -0.374. The number of benzene rings is 9. The number of aromatic nitrogens is 1. The third-order valence-electron chi connectivity index (χ3n) is 11.6. The van der Waals surface area contributed by atoms with Crippen LogP contribution in [0.5, 0.6) is 0 Å². The van der Waals surface area contributed by atoms with Crippen LogP contribution >= 0.6 is 0 Å². The zero-order valence-corrected chi connectivity index (χ0v) is 31.3. The van der Waals surface area contributed by atoms with Gasteiger partial charge in [-0.05, 0) is 80.7 Å². The van der Waals surface area contributed by atoms with E-state index in [0.29, 0.717) is 5.84 Å². The van der Waals surface area contributed by atoms with Crippen molar-refractivity contribution in [3.8, 4) is 16.8 Å². The Bertz CT molecular complexity index is 3480. The summed E-state index contributed by atoms with van der Waals surface area (Å²) in [5.41, 5.74) is 10.1. The van der Waals surface area contributed by atoms with Crippen molar-refractivity contribution in [2.45, 2.75) is 6.17 Å². The third-order valence-corrected chi connectivity index (χ3v) is 11.6. The standard InChI is InChI=1S/C53H34N4O/c1-2-12-33(13-3-1)35-22-25-36(26-23-35)51-54-52(40-27-24-34-14-4-5-15-37(34)28-40)56-53(55-51)41-30-45-43-19-9-11-21-49(43)58-50(45)48(32-41)57-46-20-10-8-18-42(46)44-29-38-16-6-7-17-39(38)31-47(44)57/h1-32,52H,(H,54,55,56). The molecule has 9 aromatic carbocycles. The molecule has 1 aliphatic heterocycles. The van der Waals surface area contributed by atoms with Crippen molar-refractivity contribution in [1.29, 1.82) is 0 Å². The van der Waals surface area contributed by atoms with Gasteiger partial charge in [-0.1, -0.05) is 152 Å². The van der Waals surface area contributed by atoms with Crippen molar-refractivity contribution < 1.29 is 4.42 Å². The first-order valence-corrected chi connectivity index (χ1v) is 19.7. The molecule has 0 radical (unpaired) electrons. The maximum atomic E-state index is 6.80. The Morgan fingerprint density at radius 2 is 1.10 bits per heavy atom. The number of nitrogens with zero attached hydrogens (tertiary/aromatic N) is 3. The molecule has 11 aromatic rings. The molecular weight excluding hydrogens is 709 g/mol. The van der Waals surface area contributed by atoms with Crippen molar-refractivity contribution in [2.24, 2.45) is 9.98 Å². The Labute approximate surface area is 333 Å². The van der Waals surface area contributed by atoms with Crippen LogP contribution in [0.1, 0.15) is 22.9 Å². The molecular formula is C53H34N4O. The molecule has 5 heteroatoms. The lowest BCUT2D eigenvalue weighted by Gasteiger charge is -2.24. The molecule has 272 valence electrons. The van der Waals surface area contributed by atoms with Crippen LogP contribution in [0.25, 0.3) is 82.1 Å². The van der Waals surface area contributed by atoms with Crippen molar-refractivity contribution in [3.05, 3.63) is 211 Å². The van der Waals surface area contributed by atoms with Crippen LogP contribution < -0.4 is 5.32 Å². The van der Waals surface area contributed by atoms with E-state index in [2.05, 4.69) is 186 Å². The van der Waals surface area contributed by atoms with Gasteiger partial charge in [0.25, 0.3) is 0 Å². The Kier molecular flexibility index (Phi) is 7.23. The van der Waals surface area contributed by atoms with Crippen LogP contribution in [0.2, 0.25) is 0 Å². The number of nitrogens with one attached hydrogen (secondary N) is 1. The average molecular weight is 743 g/mol. The van der Waals surface area contributed by atoms with E-state index in [9.17, 15) is 0 Å².